The van der Waals surface area contributed by atoms with Crippen molar-refractivity contribution in [1.82, 2.24) is 4.98 Å². The number of rotatable bonds is 7. The fourth-order valence-electron chi connectivity index (χ4n) is 6.29. The van der Waals surface area contributed by atoms with Crippen LogP contribution in [0.4, 0.5) is 13.2 Å². The summed E-state index contributed by atoms with van der Waals surface area (Å²) >= 11 is 6.02. The molecule has 1 N–H and O–H groups in total. The van der Waals surface area contributed by atoms with E-state index in [1.54, 1.807) is 18.2 Å². The van der Waals surface area contributed by atoms with Crippen LogP contribution in [-0.4, -0.2) is 27.8 Å². The number of Topliss-reactive ketones (excluding diaryl/α,β-unsaturated/α-hetero) is 2. The van der Waals surface area contributed by atoms with Gasteiger partial charge in [-0.05, 0) is 80.7 Å². The summed E-state index contributed by atoms with van der Waals surface area (Å²) in [7, 11) is 0. The Morgan fingerprint density at radius 3 is 2.41 bits per heavy atom. The van der Waals surface area contributed by atoms with Crippen molar-refractivity contribution < 1.29 is 32.6 Å². The Kier molecular flexibility index (Phi) is 6.86. The van der Waals surface area contributed by atoms with E-state index in [4.69, 9.17) is 16.3 Å². The molecule has 1 aliphatic heterocycles. The first-order valence-electron chi connectivity index (χ1n) is 12.7. The number of aromatic nitrogens is 1. The number of benzene rings is 1. The van der Waals surface area contributed by atoms with E-state index in [9.17, 15) is 27.9 Å². The third-order valence-corrected chi connectivity index (χ3v) is 8.93. The van der Waals surface area contributed by atoms with Gasteiger partial charge in [0.15, 0.2) is 11.9 Å². The number of hydrogen-bond donors (Lipinski definition) is 1. The van der Waals surface area contributed by atoms with Crippen molar-refractivity contribution in [3.63, 3.8) is 0 Å². The first-order chi connectivity index (χ1) is 17.5. The minimum Gasteiger partial charge on any atom is -0.482 e. The van der Waals surface area contributed by atoms with Gasteiger partial charge in [-0.25, -0.2) is 0 Å². The molecular weight excluding hydrogens is 507 g/mol. The summed E-state index contributed by atoms with van der Waals surface area (Å²) < 4.78 is 44.2. The molecular formula is C28H29ClF3NO4. The van der Waals surface area contributed by atoms with Crippen LogP contribution in [0, 0.1) is 10.8 Å². The Morgan fingerprint density at radius 1 is 1.08 bits per heavy atom. The zero-order chi connectivity index (χ0) is 26.4. The number of aliphatic hydroxyl groups excluding tert-OH is 1. The fourth-order valence-corrected chi connectivity index (χ4v) is 6.47. The smallest absolute Gasteiger partial charge is 0.417 e. The number of ketones is 2. The summed E-state index contributed by atoms with van der Waals surface area (Å²) in [6.07, 6.45) is 0.500. The van der Waals surface area contributed by atoms with Gasteiger partial charge in [0.1, 0.15) is 11.5 Å². The number of alkyl halides is 3. The second-order valence-electron chi connectivity index (χ2n) is 10.9. The molecule has 0 radical (unpaired) electrons. The third kappa shape index (κ3) is 5.28. The average Bonchev–Trinajstić information content (AvgIpc) is 2.88. The summed E-state index contributed by atoms with van der Waals surface area (Å²) in [5.74, 6) is 0.607. The minimum absolute atomic E-state index is 0.0197. The van der Waals surface area contributed by atoms with Gasteiger partial charge < -0.3 is 9.84 Å². The molecule has 1 aromatic heterocycles. The molecule has 5 nitrogen and oxygen atoms in total. The molecule has 2 atom stereocenters. The second kappa shape index (κ2) is 9.70. The zero-order valence-corrected chi connectivity index (χ0v) is 21.1. The maximum absolute atomic E-state index is 13.2. The fraction of sp³-hybridized carbons (Fsp3) is 0.536. The van der Waals surface area contributed by atoms with Crippen LogP contribution in [0.15, 0.2) is 36.5 Å². The van der Waals surface area contributed by atoms with Crippen LogP contribution in [-0.2, 0) is 22.2 Å². The number of aryl methyl sites for hydroxylation is 1. The number of hydrogen-bond acceptors (Lipinski definition) is 5. The van der Waals surface area contributed by atoms with Crippen molar-refractivity contribution in [2.75, 3.05) is 0 Å². The van der Waals surface area contributed by atoms with E-state index >= 15 is 0 Å². The molecule has 4 aliphatic rings. The molecule has 3 aliphatic carbocycles. The lowest BCUT2D eigenvalue weighted by Crippen LogP contribution is -2.48. The molecule has 9 heteroatoms. The molecule has 0 spiro atoms. The molecule has 2 aromatic rings. The van der Waals surface area contributed by atoms with Crippen molar-refractivity contribution in [1.29, 1.82) is 0 Å². The van der Waals surface area contributed by atoms with Crippen LogP contribution in [0.25, 0.3) is 0 Å². The molecule has 3 fully saturated rings. The van der Waals surface area contributed by atoms with E-state index in [-0.39, 0.29) is 29.8 Å². The van der Waals surface area contributed by atoms with Gasteiger partial charge in [-0.2, -0.15) is 13.2 Å². The number of carbonyl (C=O) groups excluding carboxylic acids is 2. The van der Waals surface area contributed by atoms with Crippen molar-refractivity contribution in [2.45, 2.75) is 82.6 Å². The van der Waals surface area contributed by atoms with Gasteiger partial charge in [0, 0.05) is 47.2 Å². The molecule has 198 valence electrons. The number of fused-ring (bicyclic) bond motifs is 4. The monoisotopic (exact) mass is 535 g/mol. The van der Waals surface area contributed by atoms with Gasteiger partial charge in [0.25, 0.3) is 0 Å². The lowest BCUT2D eigenvalue weighted by Gasteiger charge is -2.53. The van der Waals surface area contributed by atoms with Gasteiger partial charge in [-0.15, -0.1) is 0 Å². The number of halogens is 4. The SMILES string of the molecule is O=C(CC12CCC(C(=O)CCc3ccc(C(F)(F)F)cn3)(CC1)CC2)[C@@H]1C[C@@H](O)c2cc(Cl)ccc2O1. The van der Waals surface area contributed by atoms with E-state index in [1.807, 2.05) is 0 Å². The zero-order valence-electron chi connectivity index (χ0n) is 20.3. The number of nitrogens with zero attached hydrogens (tertiary/aromatic N) is 1. The highest BCUT2D eigenvalue weighted by molar-refractivity contribution is 6.30. The molecule has 3 saturated carbocycles. The van der Waals surface area contributed by atoms with Crippen molar-refractivity contribution >= 4 is 23.2 Å². The lowest BCUT2D eigenvalue weighted by atomic mass is 9.51. The van der Waals surface area contributed by atoms with Crippen LogP contribution < -0.4 is 4.74 Å². The van der Waals surface area contributed by atoms with Crippen LogP contribution in [0.5, 0.6) is 5.75 Å². The molecule has 2 bridgehead atoms. The van der Waals surface area contributed by atoms with Gasteiger partial charge in [0.05, 0.1) is 11.7 Å². The van der Waals surface area contributed by atoms with E-state index in [2.05, 4.69) is 4.98 Å². The van der Waals surface area contributed by atoms with Crippen LogP contribution in [0.3, 0.4) is 0 Å². The molecule has 1 aromatic carbocycles. The average molecular weight is 536 g/mol. The number of ether oxygens (including phenoxy) is 1. The van der Waals surface area contributed by atoms with Crippen molar-refractivity contribution in [3.05, 3.63) is 58.4 Å². The molecule has 0 amide bonds. The molecule has 0 saturated heterocycles. The van der Waals surface area contributed by atoms with E-state index in [0.717, 1.165) is 50.8 Å². The Bertz CT molecular complexity index is 1170. The van der Waals surface area contributed by atoms with Crippen LogP contribution in [0.1, 0.15) is 80.7 Å². The Labute approximate surface area is 218 Å². The van der Waals surface area contributed by atoms with E-state index < -0.39 is 29.4 Å². The van der Waals surface area contributed by atoms with Crippen molar-refractivity contribution in [2.24, 2.45) is 10.8 Å². The molecule has 37 heavy (non-hydrogen) atoms. The number of pyridine rings is 1. The lowest BCUT2D eigenvalue weighted by molar-refractivity contribution is -0.142. The minimum atomic E-state index is -4.43. The third-order valence-electron chi connectivity index (χ3n) is 8.70. The highest BCUT2D eigenvalue weighted by Gasteiger charge is 2.52. The molecule has 2 heterocycles. The van der Waals surface area contributed by atoms with Gasteiger partial charge in [0.2, 0.25) is 0 Å². The number of carbonyl (C=O) groups is 2. The normalized spacial score (nSPS) is 28.9. The molecule has 6 rings (SSSR count). The van der Waals surface area contributed by atoms with Gasteiger partial charge in [-0.3, -0.25) is 14.6 Å². The first-order valence-corrected chi connectivity index (χ1v) is 13.1. The summed E-state index contributed by atoms with van der Waals surface area (Å²) in [4.78, 5) is 30.3. The van der Waals surface area contributed by atoms with Gasteiger partial charge >= 0.3 is 6.18 Å². The van der Waals surface area contributed by atoms with Crippen LogP contribution in [0.2, 0.25) is 5.02 Å². The highest BCUT2D eigenvalue weighted by atomic mass is 35.5. The second-order valence-corrected chi connectivity index (χ2v) is 11.4. The largest absolute Gasteiger partial charge is 0.482 e. The first kappa shape index (κ1) is 26.2. The Balaban J connectivity index is 1.16. The topological polar surface area (TPSA) is 76.5 Å². The summed E-state index contributed by atoms with van der Waals surface area (Å²) in [5.41, 5.74) is -0.286. The maximum Gasteiger partial charge on any atom is 0.417 e. The summed E-state index contributed by atoms with van der Waals surface area (Å²) in [6, 6.07) is 7.35. The van der Waals surface area contributed by atoms with E-state index in [0.29, 0.717) is 34.9 Å². The predicted octanol–water partition coefficient (Wildman–Crippen LogP) is 6.44. The number of aliphatic hydroxyl groups is 1. The summed E-state index contributed by atoms with van der Waals surface area (Å²) in [5, 5.41) is 11.0. The maximum atomic E-state index is 13.2. The highest BCUT2D eigenvalue weighted by Crippen LogP contribution is 2.59. The summed E-state index contributed by atoms with van der Waals surface area (Å²) in [6.45, 7) is 0. The quantitative estimate of drug-likeness (QED) is 0.441. The Hall–Kier alpha value is -2.45. The predicted molar refractivity (Wildman–Crippen MR) is 130 cm³/mol. The standard InChI is InChI=1S/C28H29ClF3NO4/c29-18-2-5-23-20(13-18)21(34)14-24(37-23)22(35)15-26-7-10-27(11-8-26,12-9-26)25(36)6-4-19-3-1-17(16-33-19)28(30,31)32/h1-3,5,13,16,21,24,34H,4,6-12,14-15H2/t21-,24+,26?,27?/m1/s1. The van der Waals surface area contributed by atoms with Crippen LogP contribution >= 0.6 is 11.6 Å². The Morgan fingerprint density at radius 2 is 1.78 bits per heavy atom. The molecule has 0 unspecified atom stereocenters. The van der Waals surface area contributed by atoms with E-state index in [1.165, 1.54) is 6.07 Å². The van der Waals surface area contributed by atoms with Gasteiger partial charge in [-0.1, -0.05) is 11.6 Å². The van der Waals surface area contributed by atoms with Crippen molar-refractivity contribution in [3.8, 4) is 5.75 Å².